The molecule has 2 atom stereocenters. The first-order chi connectivity index (χ1) is 8.06. The van der Waals surface area contributed by atoms with E-state index in [4.69, 9.17) is 0 Å². The maximum atomic E-state index is 10.8. The highest BCUT2D eigenvalue weighted by Crippen LogP contribution is 2.31. The van der Waals surface area contributed by atoms with Crippen LogP contribution in [0.5, 0.6) is 0 Å². The number of rotatable bonds is 3. The van der Waals surface area contributed by atoms with E-state index in [9.17, 15) is 10.1 Å². The van der Waals surface area contributed by atoms with E-state index in [2.05, 4.69) is 28.2 Å². The second-order valence-electron chi connectivity index (χ2n) is 4.14. The van der Waals surface area contributed by atoms with Gasteiger partial charge in [-0.25, -0.2) is 0 Å². The molecule has 1 aromatic rings. The highest BCUT2D eigenvalue weighted by Gasteiger charge is 2.22. The molecular formula is C11H13BrN2O2S. The molecule has 1 fully saturated rings. The minimum absolute atomic E-state index is 0.105. The van der Waals surface area contributed by atoms with E-state index in [0.29, 0.717) is 15.8 Å². The number of nitrogens with one attached hydrogen (secondary N) is 1. The first-order valence-corrected chi connectivity index (χ1v) is 7.22. The third-order valence-electron chi connectivity index (χ3n) is 2.71. The van der Waals surface area contributed by atoms with Gasteiger partial charge in [-0.2, -0.15) is 11.8 Å². The van der Waals surface area contributed by atoms with E-state index in [-0.39, 0.29) is 10.6 Å². The summed E-state index contributed by atoms with van der Waals surface area (Å²) in [6, 6.07) is 5.57. The van der Waals surface area contributed by atoms with Gasteiger partial charge >= 0.3 is 0 Å². The number of nitro benzene ring substituents is 1. The van der Waals surface area contributed by atoms with Crippen LogP contribution in [-0.4, -0.2) is 22.0 Å². The zero-order chi connectivity index (χ0) is 12.4. The number of thioether (sulfide) groups is 1. The van der Waals surface area contributed by atoms with Crippen molar-refractivity contribution in [2.45, 2.75) is 24.6 Å². The van der Waals surface area contributed by atoms with Gasteiger partial charge in [-0.1, -0.05) is 6.92 Å². The van der Waals surface area contributed by atoms with Crippen molar-refractivity contribution in [3.8, 4) is 0 Å². The summed E-state index contributed by atoms with van der Waals surface area (Å²) >= 11 is 5.11. The van der Waals surface area contributed by atoms with Gasteiger partial charge in [0.1, 0.15) is 0 Å². The maximum absolute atomic E-state index is 10.8. The Morgan fingerprint density at radius 3 is 2.94 bits per heavy atom. The molecule has 0 radical (unpaired) electrons. The van der Waals surface area contributed by atoms with Crippen LogP contribution in [0.1, 0.15) is 13.3 Å². The number of nitrogens with zero attached hydrogens (tertiary/aromatic N) is 1. The molecule has 1 heterocycles. The molecule has 4 nitrogen and oxygen atoms in total. The van der Waals surface area contributed by atoms with E-state index in [1.807, 2.05) is 17.8 Å². The molecule has 0 amide bonds. The number of nitro groups is 1. The number of hydrogen-bond acceptors (Lipinski definition) is 4. The summed E-state index contributed by atoms with van der Waals surface area (Å²) in [5, 5.41) is 14.8. The van der Waals surface area contributed by atoms with E-state index >= 15 is 0 Å². The molecule has 17 heavy (non-hydrogen) atoms. The Labute approximate surface area is 112 Å². The summed E-state index contributed by atoms with van der Waals surface area (Å²) in [5.74, 6) is 1.06. The van der Waals surface area contributed by atoms with Crippen LogP contribution in [0.2, 0.25) is 0 Å². The first kappa shape index (κ1) is 12.7. The van der Waals surface area contributed by atoms with Gasteiger partial charge in [0.2, 0.25) is 0 Å². The molecule has 2 unspecified atom stereocenters. The number of hydrogen-bond donors (Lipinski definition) is 1. The standard InChI is InChI=1S/C11H13BrN2O2S/c1-7-4-9(6-17-7)13-8-2-3-10(12)11(5-8)14(15)16/h2-3,5,7,9,13H,4,6H2,1H3. The minimum Gasteiger partial charge on any atom is -0.381 e. The minimum atomic E-state index is -0.374. The summed E-state index contributed by atoms with van der Waals surface area (Å²) in [5.41, 5.74) is 0.924. The molecule has 2 rings (SSSR count). The summed E-state index contributed by atoms with van der Waals surface area (Å²) in [4.78, 5) is 10.4. The molecular weight excluding hydrogens is 304 g/mol. The molecule has 1 aliphatic rings. The molecule has 92 valence electrons. The van der Waals surface area contributed by atoms with Gasteiger partial charge in [0.15, 0.2) is 0 Å². The largest absolute Gasteiger partial charge is 0.381 e. The highest BCUT2D eigenvalue weighted by molar-refractivity contribution is 9.10. The molecule has 6 heteroatoms. The van der Waals surface area contributed by atoms with Crippen LogP contribution in [-0.2, 0) is 0 Å². The van der Waals surface area contributed by atoms with Crippen LogP contribution in [0.3, 0.4) is 0 Å². The fourth-order valence-corrected chi connectivity index (χ4v) is 3.44. The molecule has 1 saturated heterocycles. The fourth-order valence-electron chi connectivity index (χ4n) is 1.90. The molecule has 0 saturated carbocycles. The predicted molar refractivity (Wildman–Crippen MR) is 74.7 cm³/mol. The quantitative estimate of drug-likeness (QED) is 0.683. The third-order valence-corrected chi connectivity index (χ3v) is 4.74. The summed E-state index contributed by atoms with van der Waals surface area (Å²) in [6.07, 6.45) is 1.11. The van der Waals surface area contributed by atoms with Crippen molar-refractivity contribution < 1.29 is 4.92 Å². The zero-order valence-electron chi connectivity index (χ0n) is 9.35. The van der Waals surface area contributed by atoms with Crippen molar-refractivity contribution in [1.82, 2.24) is 0 Å². The Morgan fingerprint density at radius 2 is 2.35 bits per heavy atom. The van der Waals surface area contributed by atoms with Gasteiger partial charge in [-0.3, -0.25) is 10.1 Å². The van der Waals surface area contributed by atoms with Gasteiger partial charge < -0.3 is 5.32 Å². The first-order valence-electron chi connectivity index (χ1n) is 5.38. The molecule has 1 aromatic carbocycles. The van der Waals surface area contributed by atoms with Crippen molar-refractivity contribution >= 4 is 39.1 Å². The number of anilines is 1. The summed E-state index contributed by atoms with van der Waals surface area (Å²) in [7, 11) is 0. The van der Waals surface area contributed by atoms with Crippen LogP contribution in [0, 0.1) is 10.1 Å². The third kappa shape index (κ3) is 3.13. The van der Waals surface area contributed by atoms with Crippen molar-refractivity contribution in [2.24, 2.45) is 0 Å². The van der Waals surface area contributed by atoms with Gasteiger partial charge in [0.25, 0.3) is 5.69 Å². The lowest BCUT2D eigenvalue weighted by molar-refractivity contribution is -0.385. The van der Waals surface area contributed by atoms with E-state index < -0.39 is 0 Å². The Hall–Kier alpha value is -0.750. The van der Waals surface area contributed by atoms with Crippen LogP contribution >= 0.6 is 27.7 Å². The fraction of sp³-hybridized carbons (Fsp3) is 0.455. The molecule has 0 aliphatic carbocycles. The van der Waals surface area contributed by atoms with Crippen molar-refractivity contribution in [2.75, 3.05) is 11.1 Å². The SMILES string of the molecule is CC1CC(Nc2ccc(Br)c([N+](=O)[O-])c2)CS1. The second kappa shape index (κ2) is 5.27. The van der Waals surface area contributed by atoms with Gasteiger partial charge in [0, 0.05) is 28.8 Å². The lowest BCUT2D eigenvalue weighted by Gasteiger charge is -2.13. The van der Waals surface area contributed by atoms with Gasteiger partial charge in [-0.05, 0) is 34.5 Å². The Kier molecular flexibility index (Phi) is 3.93. The van der Waals surface area contributed by atoms with E-state index in [0.717, 1.165) is 17.9 Å². The smallest absolute Gasteiger partial charge is 0.285 e. The van der Waals surface area contributed by atoms with Crippen molar-refractivity contribution in [3.63, 3.8) is 0 Å². The second-order valence-corrected chi connectivity index (χ2v) is 6.47. The normalized spacial score (nSPS) is 23.6. The van der Waals surface area contributed by atoms with Crippen LogP contribution in [0.25, 0.3) is 0 Å². The summed E-state index contributed by atoms with van der Waals surface area (Å²) < 4.78 is 0.516. The zero-order valence-corrected chi connectivity index (χ0v) is 11.8. The topological polar surface area (TPSA) is 55.2 Å². The predicted octanol–water partition coefficient (Wildman–Crippen LogP) is 3.66. The number of halogens is 1. The number of benzene rings is 1. The van der Waals surface area contributed by atoms with E-state index in [1.165, 1.54) is 0 Å². The Morgan fingerprint density at radius 1 is 1.59 bits per heavy atom. The van der Waals surface area contributed by atoms with Gasteiger partial charge in [-0.15, -0.1) is 0 Å². The molecule has 1 N–H and O–H groups in total. The van der Waals surface area contributed by atoms with Crippen LogP contribution in [0.15, 0.2) is 22.7 Å². The lowest BCUT2D eigenvalue weighted by Crippen LogP contribution is -2.18. The molecule has 0 bridgehead atoms. The van der Waals surface area contributed by atoms with Crippen LogP contribution in [0.4, 0.5) is 11.4 Å². The average Bonchev–Trinajstić information content (AvgIpc) is 2.66. The maximum Gasteiger partial charge on any atom is 0.285 e. The average molecular weight is 317 g/mol. The van der Waals surface area contributed by atoms with Crippen molar-refractivity contribution in [1.29, 1.82) is 0 Å². The molecule has 0 aromatic heterocycles. The summed E-state index contributed by atoms with van der Waals surface area (Å²) in [6.45, 7) is 2.20. The van der Waals surface area contributed by atoms with E-state index in [1.54, 1.807) is 12.1 Å². The Balaban J connectivity index is 2.11. The lowest BCUT2D eigenvalue weighted by atomic mass is 10.2. The molecule has 1 aliphatic heterocycles. The van der Waals surface area contributed by atoms with Crippen LogP contribution < -0.4 is 5.32 Å². The Bertz CT molecular complexity index is 441. The van der Waals surface area contributed by atoms with Gasteiger partial charge in [0.05, 0.1) is 9.40 Å². The monoisotopic (exact) mass is 316 g/mol. The highest BCUT2D eigenvalue weighted by atomic mass is 79.9. The van der Waals surface area contributed by atoms with Crippen molar-refractivity contribution in [3.05, 3.63) is 32.8 Å². The molecule has 0 spiro atoms.